The van der Waals surface area contributed by atoms with Gasteiger partial charge in [0.15, 0.2) is 5.69 Å². The molecular weight excluding hydrogens is 518 g/mol. The highest BCUT2D eigenvalue weighted by atomic mass is 19.4. The molecule has 7 nitrogen and oxygen atoms in total. The van der Waals surface area contributed by atoms with Crippen molar-refractivity contribution in [1.82, 2.24) is 20.0 Å². The lowest BCUT2D eigenvalue weighted by molar-refractivity contribution is -0.143. The Hall–Kier alpha value is -3.25. The maximum Gasteiger partial charge on any atom is 0.416 e. The van der Waals surface area contributed by atoms with E-state index >= 15 is 0 Å². The molecule has 0 bridgehead atoms. The maximum absolute atomic E-state index is 13.3. The third kappa shape index (κ3) is 6.07. The van der Waals surface area contributed by atoms with E-state index in [0.717, 1.165) is 30.7 Å². The van der Waals surface area contributed by atoms with Crippen molar-refractivity contribution in [2.24, 2.45) is 0 Å². The summed E-state index contributed by atoms with van der Waals surface area (Å²) in [4.78, 5) is 28.6. The molecule has 2 aliphatic rings. The normalized spacial score (nSPS) is 16.9. The molecule has 2 aliphatic heterocycles. The van der Waals surface area contributed by atoms with Gasteiger partial charge in [0.25, 0.3) is 5.91 Å². The monoisotopic (exact) mass is 546 g/mol. The minimum atomic E-state index is -4.91. The number of unbranched alkanes of at least 4 members (excludes halogenated alkanes) is 1. The third-order valence-corrected chi connectivity index (χ3v) is 6.98. The number of likely N-dealkylation sites (tertiary alicyclic amines) is 1. The lowest BCUT2D eigenvalue weighted by Crippen LogP contribution is -2.40. The second-order valence-corrected chi connectivity index (χ2v) is 9.57. The molecule has 0 aliphatic carbocycles. The Balaban J connectivity index is 1.44. The number of H-pyrrole nitrogens is 1. The van der Waals surface area contributed by atoms with Crippen molar-refractivity contribution in [2.75, 3.05) is 26.2 Å². The lowest BCUT2D eigenvalue weighted by atomic mass is 9.87. The molecule has 38 heavy (non-hydrogen) atoms. The zero-order valence-electron chi connectivity index (χ0n) is 20.7. The summed E-state index contributed by atoms with van der Waals surface area (Å²) in [5.41, 5.74) is -1.26. The minimum absolute atomic E-state index is 0.0476. The third-order valence-electron chi connectivity index (χ3n) is 6.98. The second-order valence-electron chi connectivity index (χ2n) is 9.57. The highest BCUT2D eigenvalue weighted by Crippen LogP contribution is 2.39. The highest BCUT2D eigenvalue weighted by molar-refractivity contribution is 5.94. The van der Waals surface area contributed by atoms with E-state index in [9.17, 15) is 35.9 Å². The number of amides is 2. The maximum atomic E-state index is 13.3. The summed E-state index contributed by atoms with van der Waals surface area (Å²) in [6, 6.07) is 1.64. The van der Waals surface area contributed by atoms with E-state index in [-0.39, 0.29) is 49.8 Å². The minimum Gasteiger partial charge on any atom is -0.449 e. The van der Waals surface area contributed by atoms with Gasteiger partial charge < -0.3 is 14.5 Å². The van der Waals surface area contributed by atoms with Gasteiger partial charge in [0.05, 0.1) is 24.3 Å². The van der Waals surface area contributed by atoms with Crippen molar-refractivity contribution >= 4 is 12.0 Å². The van der Waals surface area contributed by atoms with Crippen LogP contribution < -0.4 is 0 Å². The molecule has 1 N–H and O–H groups in total. The number of piperidine rings is 1. The second kappa shape index (κ2) is 10.9. The molecule has 2 aromatic rings. The van der Waals surface area contributed by atoms with Crippen molar-refractivity contribution in [3.05, 3.63) is 51.8 Å². The molecule has 1 aromatic carbocycles. The van der Waals surface area contributed by atoms with Crippen LogP contribution in [-0.4, -0.2) is 58.2 Å². The molecule has 0 atom stereocenters. The van der Waals surface area contributed by atoms with Gasteiger partial charge in [0, 0.05) is 37.3 Å². The number of fused-ring (bicyclic) bond motifs is 1. The predicted molar refractivity (Wildman–Crippen MR) is 123 cm³/mol. The fourth-order valence-corrected chi connectivity index (χ4v) is 4.80. The number of benzene rings is 1. The van der Waals surface area contributed by atoms with Crippen molar-refractivity contribution in [3.63, 3.8) is 0 Å². The Morgan fingerprint density at radius 3 is 2.21 bits per heavy atom. The summed E-state index contributed by atoms with van der Waals surface area (Å²) >= 11 is 0. The summed E-state index contributed by atoms with van der Waals surface area (Å²) in [7, 11) is 0. The van der Waals surface area contributed by atoms with Crippen LogP contribution in [-0.2, 0) is 30.1 Å². The van der Waals surface area contributed by atoms with Crippen LogP contribution in [0, 0.1) is 0 Å². The Morgan fingerprint density at radius 1 is 1.00 bits per heavy atom. The van der Waals surface area contributed by atoms with Crippen LogP contribution in [0.1, 0.15) is 77.0 Å². The van der Waals surface area contributed by atoms with Gasteiger partial charge in [-0.1, -0.05) is 13.3 Å². The Kier molecular flexibility index (Phi) is 7.93. The number of nitrogens with one attached hydrogen (secondary N) is 1. The van der Waals surface area contributed by atoms with E-state index in [4.69, 9.17) is 4.74 Å². The average molecular weight is 547 g/mol. The number of alkyl halides is 6. The van der Waals surface area contributed by atoms with Gasteiger partial charge in [-0.25, -0.2) is 4.79 Å². The molecule has 3 heterocycles. The van der Waals surface area contributed by atoms with E-state index in [0.29, 0.717) is 25.1 Å². The topological polar surface area (TPSA) is 78.5 Å². The van der Waals surface area contributed by atoms with Crippen LogP contribution in [0.15, 0.2) is 18.2 Å². The summed E-state index contributed by atoms with van der Waals surface area (Å²) in [6.45, 7) is 3.14. The lowest BCUT2D eigenvalue weighted by Gasteiger charge is -2.33. The van der Waals surface area contributed by atoms with E-state index in [1.54, 1.807) is 0 Å². The molecule has 208 valence electrons. The smallest absolute Gasteiger partial charge is 0.416 e. The number of aromatic nitrogens is 2. The van der Waals surface area contributed by atoms with Gasteiger partial charge >= 0.3 is 18.4 Å². The van der Waals surface area contributed by atoms with Crippen molar-refractivity contribution in [1.29, 1.82) is 0 Å². The first-order valence-electron chi connectivity index (χ1n) is 12.4. The van der Waals surface area contributed by atoms with Crippen LogP contribution in [0.4, 0.5) is 31.1 Å². The summed E-state index contributed by atoms with van der Waals surface area (Å²) < 4.78 is 84.8. The molecule has 0 unspecified atom stereocenters. The van der Waals surface area contributed by atoms with E-state index in [1.807, 2.05) is 6.92 Å². The first kappa shape index (κ1) is 27.8. The zero-order chi connectivity index (χ0) is 27.7. The van der Waals surface area contributed by atoms with Crippen molar-refractivity contribution < 1.29 is 40.7 Å². The Labute approximate surface area is 215 Å². The molecule has 1 aromatic heterocycles. The number of nitrogens with zero attached hydrogens (tertiary/aromatic N) is 3. The number of hydrogen-bond acceptors (Lipinski definition) is 4. The standard InChI is InChI=1S/C25H28F6N4O3/c1-2-3-10-38-23(37)35-9-6-20-19(14-35)21(33-32-20)22(36)34-7-4-15(5-8-34)16-11-17(24(26,27)28)13-18(12-16)25(29,30)31/h11-13,15H,2-10,14H2,1H3,(H,32,33). The van der Waals surface area contributed by atoms with E-state index in [2.05, 4.69) is 10.2 Å². The Morgan fingerprint density at radius 2 is 1.63 bits per heavy atom. The van der Waals surface area contributed by atoms with Gasteiger partial charge in [-0.2, -0.15) is 31.4 Å². The molecule has 0 radical (unpaired) electrons. The fourth-order valence-electron chi connectivity index (χ4n) is 4.80. The first-order valence-corrected chi connectivity index (χ1v) is 12.4. The van der Waals surface area contributed by atoms with Crippen LogP contribution in [0.25, 0.3) is 0 Å². The molecule has 1 saturated heterocycles. The Bertz CT molecular complexity index is 1140. The summed E-state index contributed by atoms with van der Waals surface area (Å²) in [5, 5.41) is 7.00. The number of hydrogen-bond donors (Lipinski definition) is 1. The average Bonchev–Trinajstić information content (AvgIpc) is 3.30. The molecule has 13 heteroatoms. The molecule has 0 spiro atoms. The van der Waals surface area contributed by atoms with Gasteiger partial charge in [-0.3, -0.25) is 9.89 Å². The van der Waals surface area contributed by atoms with E-state index in [1.165, 1.54) is 9.80 Å². The number of rotatable bonds is 5. The van der Waals surface area contributed by atoms with Gasteiger partial charge in [0.2, 0.25) is 0 Å². The van der Waals surface area contributed by atoms with Gasteiger partial charge in [-0.05, 0) is 48.9 Å². The predicted octanol–water partition coefficient (Wildman–Crippen LogP) is 5.76. The summed E-state index contributed by atoms with van der Waals surface area (Å²) in [5.74, 6) is -0.967. The fraction of sp³-hybridized carbons (Fsp3) is 0.560. The van der Waals surface area contributed by atoms with Crippen LogP contribution in [0.5, 0.6) is 0 Å². The van der Waals surface area contributed by atoms with E-state index < -0.39 is 41.4 Å². The molecular formula is C25H28F6N4O3. The first-order chi connectivity index (χ1) is 17.9. The largest absolute Gasteiger partial charge is 0.449 e. The number of ether oxygens (including phenoxy) is 1. The van der Waals surface area contributed by atoms with Crippen LogP contribution >= 0.6 is 0 Å². The van der Waals surface area contributed by atoms with Crippen molar-refractivity contribution in [2.45, 2.75) is 63.8 Å². The highest BCUT2D eigenvalue weighted by Gasteiger charge is 2.38. The number of carbonyl (C=O) groups is 2. The van der Waals surface area contributed by atoms with Crippen molar-refractivity contribution in [3.8, 4) is 0 Å². The zero-order valence-corrected chi connectivity index (χ0v) is 20.7. The van der Waals surface area contributed by atoms with Gasteiger partial charge in [-0.15, -0.1) is 0 Å². The van der Waals surface area contributed by atoms with Crippen LogP contribution in [0.3, 0.4) is 0 Å². The number of halogens is 6. The van der Waals surface area contributed by atoms with Crippen LogP contribution in [0.2, 0.25) is 0 Å². The number of aromatic amines is 1. The SMILES string of the molecule is CCCCOC(=O)N1CCc2[nH]nc(C(=O)N3CCC(c4cc(C(F)(F)F)cc(C(F)(F)F)c4)CC3)c2C1. The molecule has 2 amide bonds. The quantitative estimate of drug-likeness (QED) is 0.382. The molecule has 0 saturated carbocycles. The van der Waals surface area contributed by atoms with Gasteiger partial charge in [0.1, 0.15) is 0 Å². The number of carbonyl (C=O) groups excluding carboxylic acids is 2. The molecule has 4 rings (SSSR count). The summed E-state index contributed by atoms with van der Waals surface area (Å²) in [6.07, 6.45) is -7.80. The molecule has 1 fully saturated rings.